The number of nitrogens with one attached hydrogen (secondary N) is 2. The van der Waals surface area contributed by atoms with Gasteiger partial charge in [0.1, 0.15) is 16.5 Å². The van der Waals surface area contributed by atoms with E-state index in [0.29, 0.717) is 12.2 Å². The molecule has 0 aliphatic heterocycles. The van der Waals surface area contributed by atoms with Gasteiger partial charge < -0.3 is 16.0 Å². The largest absolute Gasteiger partial charge is 0.340 e. The van der Waals surface area contributed by atoms with Crippen LogP contribution in [0.3, 0.4) is 0 Å². The van der Waals surface area contributed by atoms with Crippen molar-refractivity contribution in [3.63, 3.8) is 0 Å². The molecule has 4 N–H and O–H groups in total. The maximum Gasteiger partial charge on any atom is 0.271 e. The lowest BCUT2D eigenvalue weighted by Gasteiger charge is -2.19. The number of benzene rings is 1. The molecule has 3 aromatic rings. The molecule has 0 fully saturated rings. The van der Waals surface area contributed by atoms with E-state index in [-0.39, 0.29) is 17.9 Å². The summed E-state index contributed by atoms with van der Waals surface area (Å²) >= 11 is 1.39. The smallest absolute Gasteiger partial charge is 0.271 e. The summed E-state index contributed by atoms with van der Waals surface area (Å²) in [7, 11) is 0. The molecule has 3 rings (SSSR count). The van der Waals surface area contributed by atoms with Crippen LogP contribution >= 0.6 is 11.3 Å². The van der Waals surface area contributed by atoms with Gasteiger partial charge in [-0.1, -0.05) is 26.0 Å². The number of hydrogen-bond acceptors (Lipinski definition) is 5. The number of thiazole rings is 1. The monoisotopic (exact) mass is 329 g/mol. The van der Waals surface area contributed by atoms with Gasteiger partial charge in [-0.05, 0) is 18.1 Å². The highest BCUT2D eigenvalue weighted by Gasteiger charge is 2.23. The number of nitrogens with two attached hydrogens (primary N) is 1. The molecule has 2 aromatic heterocycles. The first-order valence-corrected chi connectivity index (χ1v) is 8.36. The zero-order valence-corrected chi connectivity index (χ0v) is 13.9. The number of carbonyl (C=O) groups is 1. The van der Waals surface area contributed by atoms with Crippen molar-refractivity contribution < 1.29 is 4.79 Å². The first-order chi connectivity index (χ1) is 11.1. The Kier molecular flexibility index (Phi) is 4.40. The third kappa shape index (κ3) is 3.25. The van der Waals surface area contributed by atoms with Crippen molar-refractivity contribution >= 4 is 28.3 Å². The van der Waals surface area contributed by atoms with Gasteiger partial charge in [0.15, 0.2) is 0 Å². The number of aromatic nitrogens is 3. The van der Waals surface area contributed by atoms with Crippen molar-refractivity contribution in [2.75, 3.05) is 0 Å². The lowest BCUT2D eigenvalue weighted by molar-refractivity contribution is 0.0919. The van der Waals surface area contributed by atoms with E-state index >= 15 is 0 Å². The van der Waals surface area contributed by atoms with Crippen molar-refractivity contribution in [3.8, 4) is 0 Å². The Morgan fingerprint density at radius 3 is 2.78 bits per heavy atom. The van der Waals surface area contributed by atoms with Crippen LogP contribution < -0.4 is 11.1 Å². The van der Waals surface area contributed by atoms with Crippen LogP contribution in [0.25, 0.3) is 11.0 Å². The predicted octanol–water partition coefficient (Wildman–Crippen LogP) is 2.61. The fraction of sp³-hybridized carbons (Fsp3) is 0.312. The summed E-state index contributed by atoms with van der Waals surface area (Å²) < 4.78 is 0. The van der Waals surface area contributed by atoms with E-state index in [2.05, 4.69) is 20.3 Å². The molecule has 0 spiro atoms. The molecular weight excluding hydrogens is 310 g/mol. The summed E-state index contributed by atoms with van der Waals surface area (Å²) in [6.07, 6.45) is 0. The Labute approximate surface area is 138 Å². The number of amides is 1. The lowest BCUT2D eigenvalue weighted by atomic mass is 10.0. The Morgan fingerprint density at radius 1 is 1.35 bits per heavy atom. The van der Waals surface area contributed by atoms with Gasteiger partial charge in [-0.2, -0.15) is 0 Å². The number of rotatable bonds is 5. The molecular formula is C16H19N5OS. The van der Waals surface area contributed by atoms with E-state index in [0.717, 1.165) is 21.9 Å². The van der Waals surface area contributed by atoms with E-state index in [1.807, 2.05) is 38.1 Å². The van der Waals surface area contributed by atoms with Gasteiger partial charge in [-0.3, -0.25) is 4.79 Å². The molecule has 7 heteroatoms. The molecule has 0 aliphatic rings. The van der Waals surface area contributed by atoms with E-state index in [1.165, 1.54) is 11.3 Å². The summed E-state index contributed by atoms with van der Waals surface area (Å²) in [4.78, 5) is 24.5. The molecule has 0 aliphatic carbocycles. The van der Waals surface area contributed by atoms with Crippen LogP contribution in [0.5, 0.6) is 0 Å². The van der Waals surface area contributed by atoms with E-state index in [9.17, 15) is 4.79 Å². The van der Waals surface area contributed by atoms with Crippen LogP contribution in [0.4, 0.5) is 0 Å². The summed E-state index contributed by atoms with van der Waals surface area (Å²) in [6, 6.07) is 7.61. The molecule has 2 heterocycles. The number of H-pyrrole nitrogens is 1. The molecule has 0 radical (unpaired) electrons. The van der Waals surface area contributed by atoms with Crippen molar-refractivity contribution in [1.29, 1.82) is 0 Å². The van der Waals surface area contributed by atoms with Crippen molar-refractivity contribution in [1.82, 2.24) is 20.3 Å². The average Bonchev–Trinajstić information content (AvgIpc) is 3.18. The molecule has 1 unspecified atom stereocenters. The molecule has 6 nitrogen and oxygen atoms in total. The molecule has 1 amide bonds. The molecule has 1 aromatic carbocycles. The van der Waals surface area contributed by atoms with Crippen LogP contribution in [0, 0.1) is 5.92 Å². The molecule has 1 atom stereocenters. The maximum absolute atomic E-state index is 12.4. The zero-order chi connectivity index (χ0) is 16.4. The van der Waals surface area contributed by atoms with Gasteiger partial charge >= 0.3 is 0 Å². The number of para-hydroxylation sites is 2. The second kappa shape index (κ2) is 6.47. The van der Waals surface area contributed by atoms with Gasteiger partial charge in [0.2, 0.25) is 0 Å². The Hall–Kier alpha value is -2.25. The Morgan fingerprint density at radius 2 is 2.13 bits per heavy atom. The minimum absolute atomic E-state index is 0.187. The highest BCUT2D eigenvalue weighted by Crippen LogP contribution is 2.23. The fourth-order valence-corrected chi connectivity index (χ4v) is 3.05. The minimum atomic E-state index is -0.210. The summed E-state index contributed by atoms with van der Waals surface area (Å²) in [5.74, 6) is 0.732. The number of fused-ring (bicyclic) bond motifs is 1. The number of carbonyl (C=O) groups excluding carboxylic acids is 1. The van der Waals surface area contributed by atoms with Gasteiger partial charge in [0.05, 0.1) is 17.1 Å². The first kappa shape index (κ1) is 15.6. The summed E-state index contributed by atoms with van der Waals surface area (Å²) in [6.45, 7) is 4.43. The van der Waals surface area contributed by atoms with Crippen molar-refractivity contribution in [3.05, 3.63) is 46.2 Å². The van der Waals surface area contributed by atoms with Crippen LogP contribution in [0.2, 0.25) is 0 Å². The third-order valence-electron chi connectivity index (χ3n) is 3.61. The van der Waals surface area contributed by atoms with Crippen LogP contribution in [-0.4, -0.2) is 20.9 Å². The fourth-order valence-electron chi connectivity index (χ4n) is 2.39. The molecule has 0 bridgehead atoms. The average molecular weight is 329 g/mol. The second-order valence-electron chi connectivity index (χ2n) is 5.66. The lowest BCUT2D eigenvalue weighted by Crippen LogP contribution is -2.32. The number of hydrogen-bond donors (Lipinski definition) is 3. The minimum Gasteiger partial charge on any atom is -0.340 e. The quantitative estimate of drug-likeness (QED) is 0.670. The van der Waals surface area contributed by atoms with Gasteiger partial charge in [0, 0.05) is 11.9 Å². The van der Waals surface area contributed by atoms with Gasteiger partial charge in [-0.15, -0.1) is 11.3 Å². The molecule has 23 heavy (non-hydrogen) atoms. The normalized spacial score (nSPS) is 12.7. The molecule has 0 saturated carbocycles. The predicted molar refractivity (Wildman–Crippen MR) is 91.1 cm³/mol. The number of imidazole rings is 1. The van der Waals surface area contributed by atoms with Crippen LogP contribution in [0.1, 0.15) is 41.2 Å². The van der Waals surface area contributed by atoms with Gasteiger partial charge in [0.25, 0.3) is 5.91 Å². The summed E-state index contributed by atoms with van der Waals surface area (Å²) in [5, 5.41) is 5.50. The molecule has 0 saturated heterocycles. The Bertz CT molecular complexity index is 790. The second-order valence-corrected chi connectivity index (χ2v) is 6.61. The SMILES string of the molecule is CC(C)C(NC(=O)c1csc(CN)n1)c1nc2ccccc2[nH]1. The van der Waals surface area contributed by atoms with E-state index in [4.69, 9.17) is 5.73 Å². The first-order valence-electron chi connectivity index (χ1n) is 7.48. The van der Waals surface area contributed by atoms with Crippen LogP contribution in [0.15, 0.2) is 29.6 Å². The maximum atomic E-state index is 12.4. The standard InChI is InChI=1S/C16H19N5OS/c1-9(2)14(15-19-10-5-3-4-6-11(10)20-15)21-16(22)12-8-23-13(7-17)18-12/h3-6,8-9,14H,7,17H2,1-2H3,(H,19,20)(H,21,22). The van der Waals surface area contributed by atoms with Crippen molar-refractivity contribution in [2.45, 2.75) is 26.4 Å². The third-order valence-corrected chi connectivity index (χ3v) is 4.49. The van der Waals surface area contributed by atoms with E-state index in [1.54, 1.807) is 5.38 Å². The van der Waals surface area contributed by atoms with Gasteiger partial charge in [-0.25, -0.2) is 9.97 Å². The Balaban J connectivity index is 1.85. The number of nitrogens with zero attached hydrogens (tertiary/aromatic N) is 2. The van der Waals surface area contributed by atoms with Crippen LogP contribution in [-0.2, 0) is 6.54 Å². The molecule has 120 valence electrons. The summed E-state index contributed by atoms with van der Waals surface area (Å²) in [5.41, 5.74) is 7.80. The highest BCUT2D eigenvalue weighted by atomic mass is 32.1. The zero-order valence-electron chi connectivity index (χ0n) is 13.0. The van der Waals surface area contributed by atoms with E-state index < -0.39 is 0 Å². The van der Waals surface area contributed by atoms with Crippen molar-refractivity contribution in [2.24, 2.45) is 11.7 Å². The number of aromatic amines is 1. The topological polar surface area (TPSA) is 96.7 Å². The highest BCUT2D eigenvalue weighted by molar-refractivity contribution is 7.09.